The minimum Gasteiger partial charge on any atom is -0.343 e. The van der Waals surface area contributed by atoms with Crippen molar-refractivity contribution in [3.8, 4) is 0 Å². The Kier molecular flexibility index (Phi) is 6.38. The highest BCUT2D eigenvalue weighted by molar-refractivity contribution is 5.89. The van der Waals surface area contributed by atoms with E-state index in [0.29, 0.717) is 38.0 Å². The number of hydrogen-bond donors (Lipinski definition) is 2. The zero-order valence-electron chi connectivity index (χ0n) is 15.8. The Bertz CT molecular complexity index is 658. The van der Waals surface area contributed by atoms with E-state index in [2.05, 4.69) is 10.6 Å². The van der Waals surface area contributed by atoms with Crippen molar-refractivity contribution in [1.29, 1.82) is 0 Å². The number of alkyl halides is 3. The topological polar surface area (TPSA) is 61.4 Å². The lowest BCUT2D eigenvalue weighted by Gasteiger charge is -2.34. The molecule has 1 aromatic rings. The molecular weight excluding hydrogens is 359 g/mol. The fourth-order valence-electron chi connectivity index (χ4n) is 2.93. The van der Waals surface area contributed by atoms with E-state index in [-0.39, 0.29) is 17.4 Å². The van der Waals surface area contributed by atoms with Crippen molar-refractivity contribution < 1.29 is 22.8 Å². The standard InChI is InChI=1S/C19H26F3N3O2/c1-18(2,3)12-16(26)25-10-8-15(9-11-25)24-17(27)23-14-6-4-13(5-7-14)19(20,21)22/h4-7,15H,8-12H2,1-3H3,(H2,23,24,27). The normalized spacial score (nSPS) is 16.1. The number of carbonyl (C=O) groups is 2. The molecule has 0 atom stereocenters. The predicted octanol–water partition coefficient (Wildman–Crippen LogP) is 4.25. The van der Waals surface area contributed by atoms with Crippen molar-refractivity contribution in [2.24, 2.45) is 5.41 Å². The lowest BCUT2D eigenvalue weighted by molar-refractivity contribution is -0.137. The number of carbonyl (C=O) groups excluding carboxylic acids is 2. The Morgan fingerprint density at radius 3 is 2.11 bits per heavy atom. The first-order chi connectivity index (χ1) is 12.4. The van der Waals surface area contributed by atoms with E-state index < -0.39 is 17.8 Å². The van der Waals surface area contributed by atoms with E-state index in [1.807, 2.05) is 25.7 Å². The molecule has 0 bridgehead atoms. The molecule has 1 aromatic carbocycles. The minimum absolute atomic E-state index is 0.0618. The first-order valence-corrected chi connectivity index (χ1v) is 8.96. The van der Waals surface area contributed by atoms with Crippen LogP contribution in [0.25, 0.3) is 0 Å². The van der Waals surface area contributed by atoms with Gasteiger partial charge in [0.05, 0.1) is 5.56 Å². The molecule has 2 rings (SSSR count). The molecule has 1 heterocycles. The molecule has 5 nitrogen and oxygen atoms in total. The van der Waals surface area contributed by atoms with Gasteiger partial charge < -0.3 is 15.5 Å². The van der Waals surface area contributed by atoms with Crippen LogP contribution in [-0.4, -0.2) is 36.0 Å². The quantitative estimate of drug-likeness (QED) is 0.817. The number of piperidine rings is 1. The van der Waals surface area contributed by atoms with Crippen LogP contribution in [0.3, 0.4) is 0 Å². The van der Waals surface area contributed by atoms with Crippen LogP contribution in [0.15, 0.2) is 24.3 Å². The molecule has 1 aliphatic heterocycles. The first kappa shape index (κ1) is 21.1. The summed E-state index contributed by atoms with van der Waals surface area (Å²) in [4.78, 5) is 26.1. The summed E-state index contributed by atoms with van der Waals surface area (Å²) in [7, 11) is 0. The first-order valence-electron chi connectivity index (χ1n) is 8.96. The Morgan fingerprint density at radius 2 is 1.63 bits per heavy atom. The van der Waals surface area contributed by atoms with Crippen LogP contribution in [0, 0.1) is 5.41 Å². The van der Waals surface area contributed by atoms with E-state index >= 15 is 0 Å². The number of anilines is 1. The van der Waals surface area contributed by atoms with Crippen molar-refractivity contribution in [3.05, 3.63) is 29.8 Å². The Labute approximate surface area is 157 Å². The summed E-state index contributed by atoms with van der Waals surface area (Å²) in [6, 6.07) is 3.75. The van der Waals surface area contributed by atoms with Gasteiger partial charge in [-0.25, -0.2) is 4.79 Å². The average molecular weight is 385 g/mol. The second kappa shape index (κ2) is 8.19. The van der Waals surface area contributed by atoms with Crippen molar-refractivity contribution in [2.75, 3.05) is 18.4 Å². The van der Waals surface area contributed by atoms with Gasteiger partial charge in [0.15, 0.2) is 0 Å². The molecule has 0 radical (unpaired) electrons. The molecule has 2 N–H and O–H groups in total. The van der Waals surface area contributed by atoms with Gasteiger partial charge in [0.2, 0.25) is 5.91 Å². The highest BCUT2D eigenvalue weighted by Gasteiger charge is 2.30. The van der Waals surface area contributed by atoms with E-state index in [1.54, 1.807) is 0 Å². The number of rotatable bonds is 3. The lowest BCUT2D eigenvalue weighted by Crippen LogP contribution is -2.48. The number of halogens is 3. The summed E-state index contributed by atoms with van der Waals surface area (Å²) in [6.45, 7) is 7.22. The number of hydrogen-bond acceptors (Lipinski definition) is 2. The summed E-state index contributed by atoms with van der Waals surface area (Å²) in [5, 5.41) is 5.34. The largest absolute Gasteiger partial charge is 0.416 e. The van der Waals surface area contributed by atoms with Crippen LogP contribution >= 0.6 is 0 Å². The second-order valence-corrected chi connectivity index (χ2v) is 8.07. The van der Waals surface area contributed by atoms with Gasteiger partial charge in [-0.15, -0.1) is 0 Å². The molecule has 0 aliphatic carbocycles. The molecule has 27 heavy (non-hydrogen) atoms. The molecular formula is C19H26F3N3O2. The smallest absolute Gasteiger partial charge is 0.343 e. The highest BCUT2D eigenvalue weighted by atomic mass is 19.4. The van der Waals surface area contributed by atoms with Crippen LogP contribution in [-0.2, 0) is 11.0 Å². The highest BCUT2D eigenvalue weighted by Crippen LogP contribution is 2.29. The van der Waals surface area contributed by atoms with Crippen LogP contribution in [0.2, 0.25) is 0 Å². The van der Waals surface area contributed by atoms with Crippen molar-refractivity contribution in [2.45, 2.75) is 52.3 Å². The van der Waals surface area contributed by atoms with Gasteiger partial charge >= 0.3 is 12.2 Å². The molecule has 8 heteroatoms. The fourth-order valence-corrected chi connectivity index (χ4v) is 2.93. The average Bonchev–Trinajstić information content (AvgIpc) is 2.53. The maximum Gasteiger partial charge on any atom is 0.416 e. The zero-order valence-corrected chi connectivity index (χ0v) is 15.8. The van der Waals surface area contributed by atoms with Crippen LogP contribution in [0.4, 0.5) is 23.7 Å². The van der Waals surface area contributed by atoms with Crippen molar-refractivity contribution in [3.63, 3.8) is 0 Å². The van der Waals surface area contributed by atoms with E-state index in [1.165, 1.54) is 12.1 Å². The van der Waals surface area contributed by atoms with E-state index in [4.69, 9.17) is 0 Å². The van der Waals surface area contributed by atoms with Crippen molar-refractivity contribution in [1.82, 2.24) is 10.2 Å². The molecule has 1 aliphatic rings. The summed E-state index contributed by atoms with van der Waals surface area (Å²) in [5.74, 6) is 0.121. The maximum atomic E-state index is 12.5. The number of nitrogens with one attached hydrogen (secondary N) is 2. The third-order valence-corrected chi connectivity index (χ3v) is 4.33. The van der Waals surface area contributed by atoms with Gasteiger partial charge in [-0.1, -0.05) is 20.8 Å². The number of benzene rings is 1. The zero-order chi connectivity index (χ0) is 20.2. The van der Waals surface area contributed by atoms with Gasteiger partial charge in [-0.3, -0.25) is 4.79 Å². The predicted molar refractivity (Wildman–Crippen MR) is 97.3 cm³/mol. The van der Waals surface area contributed by atoms with Crippen LogP contribution < -0.4 is 10.6 Å². The fraction of sp³-hybridized carbons (Fsp3) is 0.579. The van der Waals surface area contributed by atoms with Crippen molar-refractivity contribution >= 4 is 17.6 Å². The second-order valence-electron chi connectivity index (χ2n) is 8.07. The summed E-state index contributed by atoms with van der Waals surface area (Å²) < 4.78 is 37.6. The van der Waals surface area contributed by atoms with Gasteiger partial charge in [0.25, 0.3) is 0 Å². The van der Waals surface area contributed by atoms with Gasteiger partial charge in [0.1, 0.15) is 0 Å². The maximum absolute atomic E-state index is 12.5. The van der Waals surface area contributed by atoms with Gasteiger partial charge in [-0.2, -0.15) is 13.2 Å². The summed E-state index contributed by atoms with van der Waals surface area (Å²) >= 11 is 0. The number of likely N-dealkylation sites (tertiary alicyclic amines) is 1. The molecule has 0 unspecified atom stereocenters. The van der Waals surface area contributed by atoms with Gasteiger partial charge in [0, 0.05) is 31.2 Å². The number of amides is 3. The van der Waals surface area contributed by atoms with Crippen LogP contribution in [0.1, 0.15) is 45.6 Å². The van der Waals surface area contributed by atoms with Crippen LogP contribution in [0.5, 0.6) is 0 Å². The molecule has 150 valence electrons. The number of nitrogens with zero attached hydrogens (tertiary/aromatic N) is 1. The van der Waals surface area contributed by atoms with Gasteiger partial charge in [-0.05, 0) is 42.5 Å². The third-order valence-electron chi connectivity index (χ3n) is 4.33. The monoisotopic (exact) mass is 385 g/mol. The number of urea groups is 1. The molecule has 0 saturated carbocycles. The Balaban J connectivity index is 1.78. The Hall–Kier alpha value is -2.25. The SMILES string of the molecule is CC(C)(C)CC(=O)N1CCC(NC(=O)Nc2ccc(C(F)(F)F)cc2)CC1. The summed E-state index contributed by atoms with van der Waals surface area (Å²) in [5.41, 5.74) is -0.535. The minimum atomic E-state index is -4.40. The third kappa shape index (κ3) is 6.77. The molecule has 0 spiro atoms. The molecule has 0 aromatic heterocycles. The summed E-state index contributed by atoms with van der Waals surface area (Å²) in [6.07, 6.45) is -2.62. The van der Waals surface area contributed by atoms with E-state index in [9.17, 15) is 22.8 Å². The Morgan fingerprint density at radius 1 is 1.07 bits per heavy atom. The molecule has 3 amide bonds. The lowest BCUT2D eigenvalue weighted by atomic mass is 9.91. The molecule has 1 fully saturated rings. The van der Waals surface area contributed by atoms with E-state index in [0.717, 1.165) is 12.1 Å². The molecule has 1 saturated heterocycles.